The van der Waals surface area contributed by atoms with Crippen LogP contribution in [0.3, 0.4) is 0 Å². The number of hydrogen-bond acceptors (Lipinski definition) is 5. The van der Waals surface area contributed by atoms with Crippen LogP contribution in [0.2, 0.25) is 0 Å². The molecule has 0 saturated heterocycles. The van der Waals surface area contributed by atoms with Crippen LogP contribution in [0.1, 0.15) is 16.1 Å². The van der Waals surface area contributed by atoms with Gasteiger partial charge in [0.05, 0.1) is 0 Å². The summed E-state index contributed by atoms with van der Waals surface area (Å²) < 4.78 is 1.76. The van der Waals surface area contributed by atoms with Gasteiger partial charge in [0.1, 0.15) is 5.01 Å². The van der Waals surface area contributed by atoms with Gasteiger partial charge in [0.15, 0.2) is 5.82 Å². The lowest BCUT2D eigenvalue weighted by Gasteiger charge is -1.94. The third-order valence-electron chi connectivity index (χ3n) is 3.42. The van der Waals surface area contributed by atoms with Crippen LogP contribution in [0.5, 0.6) is 0 Å². The SMILES string of the molecule is Cc1ccc(/C=C/c2nn3c(-c4cccnc4)nnc3s2)cc1. The van der Waals surface area contributed by atoms with E-state index in [-0.39, 0.29) is 0 Å². The zero-order valence-corrected chi connectivity index (χ0v) is 13.2. The molecular formula is C17H13N5S. The number of benzene rings is 1. The van der Waals surface area contributed by atoms with Crippen molar-refractivity contribution in [1.82, 2.24) is 24.8 Å². The molecule has 3 aromatic heterocycles. The van der Waals surface area contributed by atoms with E-state index in [4.69, 9.17) is 0 Å². The summed E-state index contributed by atoms with van der Waals surface area (Å²) in [6, 6.07) is 12.2. The van der Waals surface area contributed by atoms with Crippen LogP contribution in [-0.2, 0) is 0 Å². The van der Waals surface area contributed by atoms with Crippen LogP contribution in [0.4, 0.5) is 0 Å². The van der Waals surface area contributed by atoms with Gasteiger partial charge in [0.2, 0.25) is 4.96 Å². The van der Waals surface area contributed by atoms with Crippen molar-refractivity contribution in [2.75, 3.05) is 0 Å². The summed E-state index contributed by atoms with van der Waals surface area (Å²) in [5.41, 5.74) is 3.30. The van der Waals surface area contributed by atoms with Crippen molar-refractivity contribution >= 4 is 28.4 Å². The highest BCUT2D eigenvalue weighted by Gasteiger charge is 2.12. The highest BCUT2D eigenvalue weighted by molar-refractivity contribution is 7.17. The molecule has 4 aromatic rings. The molecule has 1 aromatic carbocycles. The quantitative estimate of drug-likeness (QED) is 0.577. The minimum atomic E-state index is 0.708. The van der Waals surface area contributed by atoms with Crippen molar-refractivity contribution in [2.24, 2.45) is 0 Å². The molecule has 0 aliphatic rings. The third kappa shape index (κ3) is 2.76. The van der Waals surface area contributed by atoms with Gasteiger partial charge in [-0.2, -0.15) is 9.61 Å². The minimum absolute atomic E-state index is 0.708. The molecule has 0 bridgehead atoms. The monoisotopic (exact) mass is 319 g/mol. The van der Waals surface area contributed by atoms with E-state index in [0.717, 1.165) is 21.1 Å². The number of rotatable bonds is 3. The first-order valence-corrected chi connectivity index (χ1v) is 7.99. The van der Waals surface area contributed by atoms with Crippen molar-refractivity contribution in [3.8, 4) is 11.4 Å². The van der Waals surface area contributed by atoms with Crippen molar-refractivity contribution in [3.63, 3.8) is 0 Å². The smallest absolute Gasteiger partial charge is 0.235 e. The second-order valence-corrected chi connectivity index (χ2v) is 6.13. The highest BCUT2D eigenvalue weighted by atomic mass is 32.1. The summed E-state index contributed by atoms with van der Waals surface area (Å²) in [5.74, 6) is 0.708. The fourth-order valence-electron chi connectivity index (χ4n) is 2.22. The molecule has 0 radical (unpaired) electrons. The molecule has 0 atom stereocenters. The van der Waals surface area contributed by atoms with E-state index in [1.165, 1.54) is 16.9 Å². The molecule has 0 aliphatic carbocycles. The van der Waals surface area contributed by atoms with Gasteiger partial charge in [0, 0.05) is 18.0 Å². The number of hydrogen-bond donors (Lipinski definition) is 0. The Morgan fingerprint density at radius 1 is 1.04 bits per heavy atom. The highest BCUT2D eigenvalue weighted by Crippen LogP contribution is 2.22. The second kappa shape index (κ2) is 5.73. The van der Waals surface area contributed by atoms with E-state index in [0.29, 0.717) is 5.82 Å². The Labute approximate surface area is 137 Å². The molecule has 0 saturated carbocycles. The maximum absolute atomic E-state index is 4.58. The van der Waals surface area contributed by atoms with E-state index >= 15 is 0 Å². The maximum atomic E-state index is 4.58. The van der Waals surface area contributed by atoms with Crippen molar-refractivity contribution in [1.29, 1.82) is 0 Å². The molecular weight excluding hydrogens is 306 g/mol. The first-order valence-electron chi connectivity index (χ1n) is 7.17. The summed E-state index contributed by atoms with van der Waals surface area (Å²) in [7, 11) is 0. The Kier molecular flexibility index (Phi) is 3.44. The first-order chi connectivity index (χ1) is 11.3. The number of pyridine rings is 1. The fraction of sp³-hybridized carbons (Fsp3) is 0.0588. The molecule has 0 spiro atoms. The predicted molar refractivity (Wildman–Crippen MR) is 92.0 cm³/mol. The Morgan fingerprint density at radius 2 is 1.91 bits per heavy atom. The maximum Gasteiger partial charge on any atom is 0.235 e. The third-order valence-corrected chi connectivity index (χ3v) is 4.29. The van der Waals surface area contributed by atoms with Gasteiger partial charge in [-0.3, -0.25) is 4.98 Å². The van der Waals surface area contributed by atoms with Gasteiger partial charge in [-0.25, -0.2) is 0 Å². The molecule has 112 valence electrons. The van der Waals surface area contributed by atoms with Gasteiger partial charge in [0.25, 0.3) is 0 Å². The summed E-state index contributed by atoms with van der Waals surface area (Å²) in [6.45, 7) is 2.08. The number of nitrogens with zero attached hydrogens (tertiary/aromatic N) is 5. The van der Waals surface area contributed by atoms with Crippen LogP contribution in [0, 0.1) is 6.92 Å². The van der Waals surface area contributed by atoms with Gasteiger partial charge in [-0.1, -0.05) is 47.2 Å². The van der Waals surface area contributed by atoms with Crippen LogP contribution >= 0.6 is 11.3 Å². The van der Waals surface area contributed by atoms with Crippen molar-refractivity contribution < 1.29 is 0 Å². The lowest BCUT2D eigenvalue weighted by Crippen LogP contribution is -1.90. The molecule has 4 rings (SSSR count). The Morgan fingerprint density at radius 3 is 2.70 bits per heavy atom. The lowest BCUT2D eigenvalue weighted by molar-refractivity contribution is 0.958. The molecule has 5 nitrogen and oxygen atoms in total. The molecule has 0 fully saturated rings. The second-order valence-electron chi connectivity index (χ2n) is 5.14. The van der Waals surface area contributed by atoms with E-state index in [1.807, 2.05) is 18.2 Å². The molecule has 0 amide bonds. The van der Waals surface area contributed by atoms with E-state index in [2.05, 4.69) is 57.5 Å². The Bertz CT molecular complexity index is 967. The average molecular weight is 319 g/mol. The Balaban J connectivity index is 1.67. The van der Waals surface area contributed by atoms with Crippen molar-refractivity contribution in [2.45, 2.75) is 6.92 Å². The fourth-order valence-corrected chi connectivity index (χ4v) is 2.96. The standard InChI is InChI=1S/C17H13N5S/c1-12-4-6-13(7-5-12)8-9-15-21-22-16(19-20-17(22)23-15)14-3-2-10-18-11-14/h2-11H,1H3/b9-8+. The van der Waals surface area contributed by atoms with Crippen LogP contribution in [0.25, 0.3) is 28.5 Å². The summed E-state index contributed by atoms with van der Waals surface area (Å²) >= 11 is 1.51. The molecule has 3 heterocycles. The van der Waals surface area contributed by atoms with E-state index in [1.54, 1.807) is 16.9 Å². The van der Waals surface area contributed by atoms with Gasteiger partial charge in [-0.15, -0.1) is 10.2 Å². The summed E-state index contributed by atoms with van der Waals surface area (Å²) in [5, 5.41) is 13.8. The lowest BCUT2D eigenvalue weighted by atomic mass is 10.1. The van der Waals surface area contributed by atoms with Gasteiger partial charge < -0.3 is 0 Å². The predicted octanol–water partition coefficient (Wildman–Crippen LogP) is 3.73. The minimum Gasteiger partial charge on any atom is -0.264 e. The molecule has 0 N–H and O–H groups in total. The number of fused-ring (bicyclic) bond motifs is 1. The van der Waals surface area contributed by atoms with Crippen molar-refractivity contribution in [3.05, 3.63) is 64.9 Å². The Hall–Kier alpha value is -2.86. The first kappa shape index (κ1) is 13.8. The molecule has 0 aliphatic heterocycles. The van der Waals surface area contributed by atoms with Crippen LogP contribution in [-0.4, -0.2) is 24.8 Å². The molecule has 23 heavy (non-hydrogen) atoms. The van der Waals surface area contributed by atoms with Gasteiger partial charge in [-0.05, 0) is 30.7 Å². The van der Waals surface area contributed by atoms with E-state index < -0.39 is 0 Å². The molecule has 6 heteroatoms. The average Bonchev–Trinajstić information content (AvgIpc) is 3.15. The number of aryl methyl sites for hydroxylation is 1. The van der Waals surface area contributed by atoms with E-state index in [9.17, 15) is 0 Å². The molecule has 0 unspecified atom stereocenters. The topological polar surface area (TPSA) is 56.0 Å². The van der Waals surface area contributed by atoms with Crippen LogP contribution in [0.15, 0.2) is 48.8 Å². The zero-order valence-electron chi connectivity index (χ0n) is 12.4. The summed E-state index contributed by atoms with van der Waals surface area (Å²) in [6.07, 6.45) is 7.54. The normalized spacial score (nSPS) is 11.5. The van der Waals surface area contributed by atoms with Crippen LogP contribution < -0.4 is 0 Å². The van der Waals surface area contributed by atoms with Gasteiger partial charge >= 0.3 is 0 Å². The number of aromatic nitrogens is 5. The summed E-state index contributed by atoms with van der Waals surface area (Å²) in [4.78, 5) is 4.89. The largest absolute Gasteiger partial charge is 0.264 e. The zero-order chi connectivity index (χ0) is 15.6.